The third-order valence-electron chi connectivity index (χ3n) is 2.86. The fourth-order valence-electron chi connectivity index (χ4n) is 1.92. The maximum absolute atomic E-state index is 11.8. The van der Waals surface area contributed by atoms with Gasteiger partial charge in [0.05, 0.1) is 11.1 Å². The second-order valence-electron chi connectivity index (χ2n) is 4.25. The minimum absolute atomic E-state index is 0.170. The Morgan fingerprint density at radius 2 is 2.44 bits per heavy atom. The number of amides is 1. The molecule has 0 radical (unpaired) electrons. The normalized spacial score (nSPS) is 18.8. The van der Waals surface area contributed by atoms with E-state index in [-0.39, 0.29) is 23.5 Å². The Morgan fingerprint density at radius 1 is 1.61 bits per heavy atom. The van der Waals surface area contributed by atoms with Crippen LogP contribution < -0.4 is 11.1 Å². The van der Waals surface area contributed by atoms with E-state index in [4.69, 9.17) is 22.1 Å². The summed E-state index contributed by atoms with van der Waals surface area (Å²) < 4.78 is 5.47. The summed E-state index contributed by atoms with van der Waals surface area (Å²) in [5.74, 6) is -0.0195. The molecule has 0 bridgehead atoms. The Morgan fingerprint density at radius 3 is 3.17 bits per heavy atom. The van der Waals surface area contributed by atoms with E-state index in [1.807, 2.05) is 0 Å². The summed E-state index contributed by atoms with van der Waals surface area (Å²) in [5, 5.41) is 3.08. The zero-order chi connectivity index (χ0) is 13.0. The van der Waals surface area contributed by atoms with Crippen molar-refractivity contribution in [2.75, 3.05) is 18.9 Å². The van der Waals surface area contributed by atoms with Gasteiger partial charge in [0.15, 0.2) is 0 Å². The lowest BCUT2D eigenvalue weighted by atomic mass is 10.2. The molecule has 0 spiro atoms. The number of carbonyl (C=O) groups excluding carboxylic acids is 1. The molecule has 6 heteroatoms. The van der Waals surface area contributed by atoms with Gasteiger partial charge in [0.1, 0.15) is 11.5 Å². The van der Waals surface area contributed by atoms with E-state index >= 15 is 0 Å². The molecule has 1 aliphatic rings. The molecule has 0 saturated carbocycles. The lowest BCUT2D eigenvalue weighted by Gasteiger charge is -2.10. The SMILES string of the molecule is Nc1ccc(Cl)c(C(=O)NCCC2CCCO2)n1. The first kappa shape index (κ1) is 13.1. The van der Waals surface area contributed by atoms with Crippen molar-refractivity contribution in [3.8, 4) is 0 Å². The lowest BCUT2D eigenvalue weighted by Crippen LogP contribution is -2.28. The van der Waals surface area contributed by atoms with Crippen molar-refractivity contribution >= 4 is 23.3 Å². The minimum Gasteiger partial charge on any atom is -0.384 e. The number of hydrogen-bond donors (Lipinski definition) is 2. The minimum atomic E-state index is -0.301. The van der Waals surface area contributed by atoms with Crippen molar-refractivity contribution < 1.29 is 9.53 Å². The van der Waals surface area contributed by atoms with Crippen molar-refractivity contribution in [1.29, 1.82) is 0 Å². The van der Waals surface area contributed by atoms with Gasteiger partial charge in [-0.3, -0.25) is 4.79 Å². The van der Waals surface area contributed by atoms with E-state index in [1.54, 1.807) is 12.1 Å². The fraction of sp³-hybridized carbons (Fsp3) is 0.500. The topological polar surface area (TPSA) is 77.2 Å². The van der Waals surface area contributed by atoms with Crippen LogP contribution in [-0.4, -0.2) is 30.1 Å². The third-order valence-corrected chi connectivity index (χ3v) is 3.16. The van der Waals surface area contributed by atoms with Gasteiger partial charge in [0.2, 0.25) is 0 Å². The van der Waals surface area contributed by atoms with Crippen molar-refractivity contribution in [3.05, 3.63) is 22.8 Å². The molecule has 1 unspecified atom stereocenters. The van der Waals surface area contributed by atoms with Gasteiger partial charge in [0, 0.05) is 13.2 Å². The second-order valence-corrected chi connectivity index (χ2v) is 4.65. The first-order chi connectivity index (χ1) is 8.66. The Kier molecular flexibility index (Phi) is 4.38. The van der Waals surface area contributed by atoms with Crippen LogP contribution >= 0.6 is 11.6 Å². The summed E-state index contributed by atoms with van der Waals surface area (Å²) in [6, 6.07) is 3.13. The average Bonchev–Trinajstić information content (AvgIpc) is 2.85. The van der Waals surface area contributed by atoms with E-state index in [2.05, 4.69) is 10.3 Å². The van der Waals surface area contributed by atoms with Crippen LogP contribution in [0, 0.1) is 0 Å². The predicted octanol–water partition coefficient (Wildman–Crippen LogP) is 1.62. The molecule has 0 aliphatic carbocycles. The highest BCUT2D eigenvalue weighted by Gasteiger charge is 2.16. The monoisotopic (exact) mass is 269 g/mol. The summed E-state index contributed by atoms with van der Waals surface area (Å²) in [6.07, 6.45) is 3.23. The van der Waals surface area contributed by atoms with Crippen LogP contribution in [0.4, 0.5) is 5.82 Å². The number of carbonyl (C=O) groups is 1. The molecule has 1 aliphatic heterocycles. The Hall–Kier alpha value is -1.33. The Labute approximate surface area is 111 Å². The maximum atomic E-state index is 11.8. The van der Waals surface area contributed by atoms with E-state index in [0.717, 1.165) is 25.9 Å². The maximum Gasteiger partial charge on any atom is 0.271 e. The van der Waals surface area contributed by atoms with Crippen LogP contribution in [0.2, 0.25) is 5.02 Å². The molecule has 0 aromatic carbocycles. The highest BCUT2D eigenvalue weighted by Crippen LogP contribution is 2.16. The van der Waals surface area contributed by atoms with Crippen molar-refractivity contribution in [3.63, 3.8) is 0 Å². The molecule has 3 N–H and O–H groups in total. The predicted molar refractivity (Wildman–Crippen MR) is 69.6 cm³/mol. The Balaban J connectivity index is 1.85. The number of nitrogen functional groups attached to an aromatic ring is 1. The van der Waals surface area contributed by atoms with E-state index in [0.29, 0.717) is 11.6 Å². The lowest BCUT2D eigenvalue weighted by molar-refractivity contribution is 0.0903. The number of anilines is 1. The fourth-order valence-corrected chi connectivity index (χ4v) is 2.11. The molecule has 1 fully saturated rings. The van der Waals surface area contributed by atoms with E-state index < -0.39 is 0 Å². The van der Waals surface area contributed by atoms with E-state index in [1.165, 1.54) is 0 Å². The highest BCUT2D eigenvalue weighted by molar-refractivity contribution is 6.33. The van der Waals surface area contributed by atoms with Gasteiger partial charge in [-0.25, -0.2) is 4.98 Å². The van der Waals surface area contributed by atoms with Gasteiger partial charge in [-0.2, -0.15) is 0 Å². The molecule has 1 saturated heterocycles. The molecule has 98 valence electrons. The molecular formula is C12H16ClN3O2. The van der Waals surface area contributed by atoms with Crippen LogP contribution in [0.25, 0.3) is 0 Å². The number of nitrogens with two attached hydrogens (primary N) is 1. The van der Waals surface area contributed by atoms with Crippen molar-refractivity contribution in [2.45, 2.75) is 25.4 Å². The van der Waals surface area contributed by atoms with Crippen LogP contribution in [0.5, 0.6) is 0 Å². The summed E-state index contributed by atoms with van der Waals surface area (Å²) in [7, 11) is 0. The number of aromatic nitrogens is 1. The Bertz CT molecular complexity index is 433. The summed E-state index contributed by atoms with van der Waals surface area (Å²) >= 11 is 5.89. The van der Waals surface area contributed by atoms with Gasteiger partial charge in [-0.05, 0) is 31.4 Å². The van der Waals surface area contributed by atoms with Crippen molar-refractivity contribution in [1.82, 2.24) is 10.3 Å². The van der Waals surface area contributed by atoms with Crippen LogP contribution in [0.1, 0.15) is 29.8 Å². The molecule has 1 aromatic rings. The van der Waals surface area contributed by atoms with Crippen LogP contribution in [-0.2, 0) is 4.74 Å². The molecule has 1 amide bonds. The number of halogens is 1. The van der Waals surface area contributed by atoms with Crippen molar-refractivity contribution in [2.24, 2.45) is 0 Å². The molecule has 2 rings (SSSR count). The zero-order valence-corrected chi connectivity index (χ0v) is 10.7. The highest BCUT2D eigenvalue weighted by atomic mass is 35.5. The molecular weight excluding hydrogens is 254 g/mol. The first-order valence-electron chi connectivity index (χ1n) is 5.98. The number of ether oxygens (including phenoxy) is 1. The quantitative estimate of drug-likeness (QED) is 0.871. The van der Waals surface area contributed by atoms with Crippen LogP contribution in [0.3, 0.4) is 0 Å². The number of hydrogen-bond acceptors (Lipinski definition) is 4. The van der Waals surface area contributed by atoms with Gasteiger partial charge >= 0.3 is 0 Å². The summed E-state index contributed by atoms with van der Waals surface area (Å²) in [6.45, 7) is 1.37. The third kappa shape index (κ3) is 3.34. The van der Waals surface area contributed by atoms with Gasteiger partial charge in [-0.15, -0.1) is 0 Å². The second kappa shape index (κ2) is 6.02. The molecule has 2 heterocycles. The number of pyridine rings is 1. The van der Waals surface area contributed by atoms with Gasteiger partial charge < -0.3 is 15.8 Å². The molecule has 1 aromatic heterocycles. The van der Waals surface area contributed by atoms with Crippen LogP contribution in [0.15, 0.2) is 12.1 Å². The zero-order valence-electron chi connectivity index (χ0n) is 9.99. The largest absolute Gasteiger partial charge is 0.384 e. The first-order valence-corrected chi connectivity index (χ1v) is 6.36. The standard InChI is InChI=1S/C12H16ClN3O2/c13-9-3-4-10(14)16-11(9)12(17)15-6-5-8-2-1-7-18-8/h3-4,8H,1-2,5-7H2,(H2,14,16)(H,15,17). The molecule has 5 nitrogen and oxygen atoms in total. The summed E-state index contributed by atoms with van der Waals surface area (Å²) in [4.78, 5) is 15.8. The number of nitrogens with one attached hydrogen (secondary N) is 1. The number of nitrogens with zero attached hydrogens (tertiary/aromatic N) is 1. The van der Waals surface area contributed by atoms with E-state index in [9.17, 15) is 4.79 Å². The number of rotatable bonds is 4. The molecule has 1 atom stereocenters. The average molecular weight is 270 g/mol. The smallest absolute Gasteiger partial charge is 0.271 e. The van der Waals surface area contributed by atoms with Gasteiger partial charge in [-0.1, -0.05) is 11.6 Å². The molecule has 18 heavy (non-hydrogen) atoms. The van der Waals surface area contributed by atoms with Gasteiger partial charge in [0.25, 0.3) is 5.91 Å². The summed E-state index contributed by atoms with van der Waals surface area (Å²) in [5.41, 5.74) is 5.69.